The largest absolute Gasteiger partial charge is 0.295 e. The van der Waals surface area contributed by atoms with Crippen LogP contribution < -0.4 is 5.32 Å². The van der Waals surface area contributed by atoms with Gasteiger partial charge in [-0.05, 0) is 24.7 Å². The SMILES string of the molecule is O=C1C[C@@H](N2C(=O)[C@H]3[C@H](C2=O)[C@H]2C=C[C@@H]3CC2)C(=O)N1. The van der Waals surface area contributed by atoms with Gasteiger partial charge in [0, 0.05) is 0 Å². The molecule has 3 fully saturated rings. The third-order valence-electron chi connectivity index (χ3n) is 5.05. The average Bonchev–Trinajstić information content (AvgIpc) is 2.90. The van der Waals surface area contributed by atoms with E-state index in [0.29, 0.717) is 0 Å². The minimum absolute atomic E-state index is 0.0987. The third kappa shape index (κ3) is 1.34. The number of nitrogens with one attached hydrogen (secondary N) is 1. The van der Waals surface area contributed by atoms with Crippen LogP contribution in [0.5, 0.6) is 0 Å². The average molecular weight is 274 g/mol. The van der Waals surface area contributed by atoms with Crippen molar-refractivity contribution >= 4 is 23.6 Å². The van der Waals surface area contributed by atoms with E-state index in [4.69, 9.17) is 0 Å². The Labute approximate surface area is 115 Å². The number of fused-ring (bicyclic) bond motifs is 1. The van der Waals surface area contributed by atoms with E-state index in [1.807, 2.05) is 12.2 Å². The number of imide groups is 2. The highest BCUT2D eigenvalue weighted by atomic mass is 16.2. The number of amides is 4. The molecule has 0 radical (unpaired) electrons. The summed E-state index contributed by atoms with van der Waals surface area (Å²) in [7, 11) is 0. The van der Waals surface area contributed by atoms with E-state index in [0.717, 1.165) is 17.7 Å². The van der Waals surface area contributed by atoms with E-state index in [1.165, 1.54) is 0 Å². The van der Waals surface area contributed by atoms with Crippen molar-refractivity contribution < 1.29 is 19.2 Å². The molecule has 2 bridgehead atoms. The van der Waals surface area contributed by atoms with Crippen LogP contribution in [-0.2, 0) is 19.2 Å². The molecule has 5 rings (SSSR count). The summed E-state index contributed by atoms with van der Waals surface area (Å²) in [4.78, 5) is 49.2. The zero-order valence-corrected chi connectivity index (χ0v) is 10.7. The van der Waals surface area contributed by atoms with Gasteiger partial charge < -0.3 is 0 Å². The van der Waals surface area contributed by atoms with Crippen LogP contribution in [0, 0.1) is 23.7 Å². The first-order chi connectivity index (χ1) is 9.58. The number of carbonyl (C=O) groups excluding carboxylic acids is 4. The van der Waals surface area contributed by atoms with Gasteiger partial charge in [-0.25, -0.2) is 0 Å². The molecule has 2 heterocycles. The normalized spacial score (nSPS) is 42.4. The number of likely N-dealkylation sites (tertiary alicyclic amines) is 1. The number of nitrogens with zero attached hydrogens (tertiary/aromatic N) is 1. The Kier molecular flexibility index (Phi) is 2.23. The van der Waals surface area contributed by atoms with Gasteiger partial charge in [0.2, 0.25) is 23.6 Å². The molecule has 0 unspecified atom stereocenters. The van der Waals surface area contributed by atoms with Crippen LogP contribution in [0.2, 0.25) is 0 Å². The van der Waals surface area contributed by atoms with E-state index in [1.54, 1.807) is 0 Å². The molecule has 0 aromatic carbocycles. The lowest BCUT2D eigenvalue weighted by Gasteiger charge is -2.38. The van der Waals surface area contributed by atoms with Crippen molar-refractivity contribution in [1.82, 2.24) is 10.2 Å². The summed E-state index contributed by atoms with van der Waals surface area (Å²) >= 11 is 0. The van der Waals surface area contributed by atoms with Crippen LogP contribution in [0.4, 0.5) is 0 Å². The molecule has 3 aliphatic carbocycles. The first-order valence-corrected chi connectivity index (χ1v) is 6.97. The molecular weight excluding hydrogens is 260 g/mol. The van der Waals surface area contributed by atoms with Crippen molar-refractivity contribution in [2.75, 3.05) is 0 Å². The molecule has 0 spiro atoms. The fourth-order valence-corrected chi connectivity index (χ4v) is 4.15. The van der Waals surface area contributed by atoms with Gasteiger partial charge in [0.15, 0.2) is 0 Å². The smallest absolute Gasteiger partial charge is 0.250 e. The zero-order chi connectivity index (χ0) is 14.0. The van der Waals surface area contributed by atoms with Crippen LogP contribution in [0.25, 0.3) is 0 Å². The van der Waals surface area contributed by atoms with Gasteiger partial charge >= 0.3 is 0 Å². The van der Waals surface area contributed by atoms with Gasteiger partial charge in [-0.2, -0.15) is 0 Å². The van der Waals surface area contributed by atoms with Gasteiger partial charge in [0.05, 0.1) is 18.3 Å². The van der Waals surface area contributed by atoms with Gasteiger partial charge in [0.1, 0.15) is 6.04 Å². The molecule has 104 valence electrons. The minimum atomic E-state index is -0.938. The third-order valence-corrected chi connectivity index (χ3v) is 5.05. The van der Waals surface area contributed by atoms with E-state index >= 15 is 0 Å². The van der Waals surface area contributed by atoms with Gasteiger partial charge in [-0.15, -0.1) is 0 Å². The fraction of sp³-hybridized carbons (Fsp3) is 0.571. The maximum atomic E-state index is 12.6. The second-order valence-corrected chi connectivity index (χ2v) is 6.02. The van der Waals surface area contributed by atoms with Crippen molar-refractivity contribution in [1.29, 1.82) is 0 Å². The maximum absolute atomic E-state index is 12.6. The predicted molar refractivity (Wildman–Crippen MR) is 65.7 cm³/mol. The summed E-state index contributed by atoms with van der Waals surface area (Å²) in [5, 5.41) is 2.16. The van der Waals surface area contributed by atoms with Crippen LogP contribution in [-0.4, -0.2) is 34.6 Å². The molecule has 6 heteroatoms. The summed E-state index contributed by atoms with van der Waals surface area (Å²) < 4.78 is 0. The minimum Gasteiger partial charge on any atom is -0.295 e. The predicted octanol–water partition coefficient (Wildman–Crippen LogP) is -0.401. The highest BCUT2D eigenvalue weighted by Crippen LogP contribution is 2.50. The lowest BCUT2D eigenvalue weighted by atomic mass is 9.63. The number of allylic oxidation sites excluding steroid dienone is 2. The van der Waals surface area contributed by atoms with Crippen molar-refractivity contribution in [2.24, 2.45) is 23.7 Å². The van der Waals surface area contributed by atoms with Crippen molar-refractivity contribution in [3.05, 3.63) is 12.2 Å². The second-order valence-electron chi connectivity index (χ2n) is 6.02. The Balaban J connectivity index is 1.71. The summed E-state index contributed by atoms with van der Waals surface area (Å²) in [6.45, 7) is 0. The quantitative estimate of drug-likeness (QED) is 0.521. The highest BCUT2D eigenvalue weighted by molar-refractivity contribution is 6.13. The molecule has 1 saturated carbocycles. The molecule has 2 aliphatic heterocycles. The van der Waals surface area contributed by atoms with Gasteiger partial charge in [0.25, 0.3) is 0 Å². The van der Waals surface area contributed by atoms with E-state index in [2.05, 4.69) is 5.32 Å². The monoisotopic (exact) mass is 274 g/mol. The Bertz CT molecular complexity index is 550. The van der Waals surface area contributed by atoms with E-state index in [-0.39, 0.29) is 41.9 Å². The molecule has 0 aromatic rings. The van der Waals surface area contributed by atoms with E-state index in [9.17, 15) is 19.2 Å². The lowest BCUT2D eigenvalue weighted by Crippen LogP contribution is -2.45. The Morgan fingerprint density at radius 3 is 1.90 bits per heavy atom. The van der Waals surface area contributed by atoms with Gasteiger partial charge in [-0.1, -0.05) is 12.2 Å². The first kappa shape index (κ1) is 11.8. The molecule has 0 aromatic heterocycles. The maximum Gasteiger partial charge on any atom is 0.250 e. The van der Waals surface area contributed by atoms with Crippen LogP contribution in [0.3, 0.4) is 0 Å². The summed E-state index contributed by atoms with van der Waals surface area (Å²) in [5.41, 5.74) is 0. The Hall–Kier alpha value is -1.98. The molecule has 6 nitrogen and oxygen atoms in total. The number of hydrogen-bond acceptors (Lipinski definition) is 4. The number of rotatable bonds is 1. The van der Waals surface area contributed by atoms with Crippen molar-refractivity contribution in [3.8, 4) is 0 Å². The topological polar surface area (TPSA) is 83.6 Å². The number of hydrogen-bond donors (Lipinski definition) is 1. The highest BCUT2D eigenvalue weighted by Gasteiger charge is 2.59. The van der Waals surface area contributed by atoms with E-state index < -0.39 is 17.9 Å². The molecule has 5 atom stereocenters. The van der Waals surface area contributed by atoms with Crippen molar-refractivity contribution in [2.45, 2.75) is 25.3 Å². The summed E-state index contributed by atoms with van der Waals surface area (Å²) in [6.07, 6.45) is 5.81. The fourth-order valence-electron chi connectivity index (χ4n) is 4.15. The molecule has 1 N–H and O–H groups in total. The van der Waals surface area contributed by atoms with Crippen LogP contribution in [0.1, 0.15) is 19.3 Å². The van der Waals surface area contributed by atoms with Crippen molar-refractivity contribution in [3.63, 3.8) is 0 Å². The Morgan fingerprint density at radius 1 is 0.950 bits per heavy atom. The zero-order valence-electron chi connectivity index (χ0n) is 10.7. The molecule has 4 amide bonds. The standard InChI is InChI=1S/C14H14N2O4/c17-9-5-8(12(18)15-9)16-13(19)10-6-1-2-7(4-3-6)11(10)14(16)20/h1-2,6-8,10-11H,3-5H2,(H,15,17,18)/t6-,7+,8-,10-,11-/m1/s1. The Morgan fingerprint density at radius 2 is 1.50 bits per heavy atom. The molecular formula is C14H14N2O4. The molecule has 2 saturated heterocycles. The van der Waals surface area contributed by atoms with Crippen LogP contribution >= 0.6 is 0 Å². The first-order valence-electron chi connectivity index (χ1n) is 6.97. The van der Waals surface area contributed by atoms with Gasteiger partial charge in [-0.3, -0.25) is 29.4 Å². The summed E-state index contributed by atoms with van der Waals surface area (Å²) in [6, 6.07) is -0.938. The molecule has 5 aliphatic rings. The number of carbonyl (C=O) groups is 4. The lowest BCUT2D eigenvalue weighted by molar-refractivity contribution is -0.146. The van der Waals surface area contributed by atoms with Crippen LogP contribution in [0.15, 0.2) is 12.2 Å². The summed E-state index contributed by atoms with van der Waals surface area (Å²) in [5.74, 6) is -1.93. The second kappa shape index (κ2) is 3.77. The molecule has 20 heavy (non-hydrogen) atoms.